The van der Waals surface area contributed by atoms with Crippen LogP contribution in [-0.2, 0) is 11.4 Å². The molecule has 1 aromatic carbocycles. The lowest BCUT2D eigenvalue weighted by atomic mass is 10.0. The summed E-state index contributed by atoms with van der Waals surface area (Å²) in [5.74, 6) is 8.30. The first-order valence-corrected chi connectivity index (χ1v) is 10.8. The van der Waals surface area contributed by atoms with Gasteiger partial charge in [0.05, 0.1) is 5.75 Å². The zero-order valence-corrected chi connectivity index (χ0v) is 17.6. The molecule has 2 aromatic rings. The summed E-state index contributed by atoms with van der Waals surface area (Å²) in [5.41, 5.74) is 1.26. The summed E-state index contributed by atoms with van der Waals surface area (Å²) in [7, 11) is 0. The van der Waals surface area contributed by atoms with E-state index < -0.39 is 0 Å². The highest BCUT2D eigenvalue weighted by atomic mass is 32.2. The minimum Gasteiger partial charge on any atom is -0.486 e. The van der Waals surface area contributed by atoms with Crippen LogP contribution in [0.5, 0.6) is 5.75 Å². The van der Waals surface area contributed by atoms with E-state index in [1.165, 1.54) is 28.4 Å². The van der Waals surface area contributed by atoms with Crippen molar-refractivity contribution in [1.29, 1.82) is 0 Å². The molecular formula is C20H29N5O2S. The molecule has 1 aliphatic rings. The molecule has 3 rings (SSSR count). The minimum atomic E-state index is 0.128. The molecule has 1 aliphatic heterocycles. The summed E-state index contributed by atoms with van der Waals surface area (Å²) in [5, 5.41) is 8.72. The lowest BCUT2D eigenvalue weighted by Gasteiger charge is -2.33. The number of ether oxygens (including phenoxy) is 1. The number of nitrogens with zero attached hydrogens (tertiary/aromatic N) is 4. The van der Waals surface area contributed by atoms with Gasteiger partial charge in [-0.25, -0.2) is 4.68 Å². The van der Waals surface area contributed by atoms with Gasteiger partial charge < -0.3 is 15.5 Å². The summed E-state index contributed by atoms with van der Waals surface area (Å²) in [6.45, 7) is 7.48. The van der Waals surface area contributed by atoms with E-state index in [2.05, 4.69) is 43.1 Å². The van der Waals surface area contributed by atoms with Crippen molar-refractivity contribution in [2.24, 2.45) is 0 Å². The Morgan fingerprint density at radius 1 is 1.29 bits per heavy atom. The van der Waals surface area contributed by atoms with Crippen LogP contribution in [0.2, 0.25) is 0 Å². The molecule has 1 saturated heterocycles. The second-order valence-electron chi connectivity index (χ2n) is 7.50. The predicted octanol–water partition coefficient (Wildman–Crippen LogP) is 3.19. The average Bonchev–Trinajstić information content (AvgIpc) is 3.04. The fraction of sp³-hybridized carbons (Fsp3) is 0.550. The third kappa shape index (κ3) is 4.98. The number of benzene rings is 1. The third-order valence-corrected chi connectivity index (χ3v) is 6.03. The molecular weight excluding hydrogens is 374 g/mol. The molecule has 2 N–H and O–H groups in total. The standard InChI is InChI=1S/C20H29N5O2S/c1-14(2)16-7-9-17(10-8-16)27-12-18-22-23-20(25(18)21)28-13-19(26)24-11-5-4-6-15(24)3/h7-10,14-15H,4-6,11-13,21H2,1-3H3/t15-/m1/s1. The number of rotatable bonds is 7. The van der Waals surface area contributed by atoms with Gasteiger partial charge in [0.25, 0.3) is 0 Å². The molecule has 2 heterocycles. The number of piperidine rings is 1. The van der Waals surface area contributed by atoms with Crippen LogP contribution in [0.3, 0.4) is 0 Å². The highest BCUT2D eigenvalue weighted by Crippen LogP contribution is 2.22. The van der Waals surface area contributed by atoms with Gasteiger partial charge in [-0.2, -0.15) is 0 Å². The van der Waals surface area contributed by atoms with Gasteiger partial charge in [0.2, 0.25) is 11.1 Å². The molecule has 1 amide bonds. The monoisotopic (exact) mass is 403 g/mol. The molecule has 1 aromatic heterocycles. The van der Waals surface area contributed by atoms with Crippen molar-refractivity contribution in [3.8, 4) is 5.75 Å². The van der Waals surface area contributed by atoms with Crippen molar-refractivity contribution in [3.05, 3.63) is 35.7 Å². The number of amides is 1. The highest BCUT2D eigenvalue weighted by Gasteiger charge is 2.23. The molecule has 0 radical (unpaired) electrons. The molecule has 7 nitrogen and oxygen atoms in total. The van der Waals surface area contributed by atoms with Gasteiger partial charge in [-0.1, -0.05) is 37.7 Å². The Morgan fingerprint density at radius 2 is 2.04 bits per heavy atom. The van der Waals surface area contributed by atoms with Crippen LogP contribution >= 0.6 is 11.8 Å². The highest BCUT2D eigenvalue weighted by molar-refractivity contribution is 7.99. The predicted molar refractivity (Wildman–Crippen MR) is 111 cm³/mol. The largest absolute Gasteiger partial charge is 0.486 e. The Bertz CT molecular complexity index is 790. The number of carbonyl (C=O) groups is 1. The van der Waals surface area contributed by atoms with Crippen molar-refractivity contribution in [2.75, 3.05) is 18.1 Å². The summed E-state index contributed by atoms with van der Waals surface area (Å²) in [4.78, 5) is 14.4. The lowest BCUT2D eigenvalue weighted by molar-refractivity contribution is -0.131. The van der Waals surface area contributed by atoms with Gasteiger partial charge in [0.1, 0.15) is 12.4 Å². The van der Waals surface area contributed by atoms with E-state index in [4.69, 9.17) is 10.6 Å². The molecule has 0 spiro atoms. The van der Waals surface area contributed by atoms with Crippen molar-refractivity contribution in [1.82, 2.24) is 19.8 Å². The number of aromatic nitrogens is 3. The zero-order valence-electron chi connectivity index (χ0n) is 16.8. The van der Waals surface area contributed by atoms with Crippen LogP contribution < -0.4 is 10.6 Å². The minimum absolute atomic E-state index is 0.128. The Balaban J connectivity index is 1.52. The maximum Gasteiger partial charge on any atom is 0.233 e. The number of carbonyl (C=O) groups excluding carboxylic acids is 1. The number of thioether (sulfide) groups is 1. The van der Waals surface area contributed by atoms with Gasteiger partial charge in [-0.3, -0.25) is 4.79 Å². The van der Waals surface area contributed by atoms with Gasteiger partial charge in [-0.05, 0) is 49.8 Å². The maximum atomic E-state index is 12.5. The first kappa shape index (κ1) is 20.5. The molecule has 1 fully saturated rings. The number of hydrogen-bond donors (Lipinski definition) is 1. The summed E-state index contributed by atoms with van der Waals surface area (Å²) in [6, 6.07) is 8.31. The Kier molecular flexibility index (Phi) is 6.83. The summed E-state index contributed by atoms with van der Waals surface area (Å²) >= 11 is 1.32. The topological polar surface area (TPSA) is 86.3 Å². The lowest BCUT2D eigenvalue weighted by Crippen LogP contribution is -2.43. The zero-order chi connectivity index (χ0) is 20.1. The average molecular weight is 404 g/mol. The Labute approximate surface area is 170 Å². The van der Waals surface area contributed by atoms with E-state index >= 15 is 0 Å². The van der Waals surface area contributed by atoms with Crippen LogP contribution in [0.25, 0.3) is 0 Å². The second-order valence-corrected chi connectivity index (χ2v) is 8.44. The number of nitrogens with two attached hydrogens (primary N) is 1. The van der Waals surface area contributed by atoms with Crippen LogP contribution in [0.15, 0.2) is 29.4 Å². The van der Waals surface area contributed by atoms with Gasteiger partial charge in [0, 0.05) is 12.6 Å². The van der Waals surface area contributed by atoms with E-state index in [-0.39, 0.29) is 12.5 Å². The van der Waals surface area contributed by atoms with Crippen LogP contribution in [-0.4, -0.2) is 44.0 Å². The number of nitrogen functional groups attached to an aromatic ring is 1. The Morgan fingerprint density at radius 3 is 2.71 bits per heavy atom. The van der Waals surface area contributed by atoms with Crippen molar-refractivity contribution < 1.29 is 9.53 Å². The van der Waals surface area contributed by atoms with Crippen LogP contribution in [0.4, 0.5) is 0 Å². The van der Waals surface area contributed by atoms with E-state index in [1.807, 2.05) is 17.0 Å². The summed E-state index contributed by atoms with van der Waals surface area (Å²) < 4.78 is 7.17. The first-order chi connectivity index (χ1) is 13.5. The molecule has 0 saturated carbocycles. The second kappa shape index (κ2) is 9.32. The quantitative estimate of drug-likeness (QED) is 0.564. The Hall–Kier alpha value is -2.22. The van der Waals surface area contributed by atoms with Crippen molar-refractivity contribution in [3.63, 3.8) is 0 Å². The van der Waals surface area contributed by atoms with E-state index in [9.17, 15) is 4.79 Å². The first-order valence-electron chi connectivity index (χ1n) is 9.80. The van der Waals surface area contributed by atoms with Crippen molar-refractivity contribution in [2.45, 2.75) is 63.8 Å². The molecule has 152 valence electrons. The van der Waals surface area contributed by atoms with E-state index in [0.29, 0.717) is 28.7 Å². The molecule has 0 bridgehead atoms. The molecule has 0 aliphatic carbocycles. The van der Waals surface area contributed by atoms with E-state index in [0.717, 1.165) is 25.1 Å². The smallest absolute Gasteiger partial charge is 0.233 e. The molecule has 0 unspecified atom stereocenters. The van der Waals surface area contributed by atoms with Crippen LogP contribution in [0.1, 0.15) is 57.3 Å². The SMILES string of the molecule is CC(C)c1ccc(OCc2nnc(SCC(=O)N3CCCC[C@H]3C)n2N)cc1. The maximum absolute atomic E-state index is 12.5. The molecule has 8 heteroatoms. The summed E-state index contributed by atoms with van der Waals surface area (Å²) in [6.07, 6.45) is 3.34. The van der Waals surface area contributed by atoms with E-state index in [1.54, 1.807) is 0 Å². The molecule has 1 atom stereocenters. The third-order valence-electron chi connectivity index (χ3n) is 5.10. The fourth-order valence-electron chi connectivity index (χ4n) is 3.28. The van der Waals surface area contributed by atoms with Crippen molar-refractivity contribution >= 4 is 17.7 Å². The van der Waals surface area contributed by atoms with Gasteiger partial charge in [-0.15, -0.1) is 10.2 Å². The van der Waals surface area contributed by atoms with Gasteiger partial charge in [0.15, 0.2) is 5.82 Å². The normalized spacial score (nSPS) is 17.1. The number of hydrogen-bond acceptors (Lipinski definition) is 6. The molecule has 28 heavy (non-hydrogen) atoms. The number of likely N-dealkylation sites (tertiary alicyclic amines) is 1. The van der Waals surface area contributed by atoms with Gasteiger partial charge >= 0.3 is 0 Å². The van der Waals surface area contributed by atoms with Crippen LogP contribution in [0, 0.1) is 0 Å². The fourth-order valence-corrected chi connectivity index (χ4v) is 4.04.